The van der Waals surface area contributed by atoms with Gasteiger partial charge >= 0.3 is 0 Å². The third-order valence-corrected chi connectivity index (χ3v) is 3.53. The van der Waals surface area contributed by atoms with E-state index in [1.165, 1.54) is 13.2 Å². The molecule has 0 saturated carbocycles. The number of halogens is 1. The number of hydrogen-bond donors (Lipinski definition) is 1. The Kier molecular flexibility index (Phi) is 5.89. The predicted molar refractivity (Wildman–Crippen MR) is 90.4 cm³/mol. The Labute approximate surface area is 142 Å². The van der Waals surface area contributed by atoms with E-state index < -0.39 is 5.91 Å². The van der Waals surface area contributed by atoms with Crippen LogP contribution in [-0.2, 0) is 11.3 Å². The van der Waals surface area contributed by atoms with Crippen molar-refractivity contribution in [3.8, 4) is 11.8 Å². The zero-order valence-electron chi connectivity index (χ0n) is 12.4. The minimum absolute atomic E-state index is 0.00490. The van der Waals surface area contributed by atoms with Crippen molar-refractivity contribution in [2.75, 3.05) is 7.11 Å². The van der Waals surface area contributed by atoms with Crippen LogP contribution in [-0.4, -0.2) is 18.0 Å². The first-order valence-corrected chi connectivity index (χ1v) is 7.55. The average Bonchev–Trinajstić information content (AvgIpc) is 2.58. The van der Waals surface area contributed by atoms with E-state index in [9.17, 15) is 10.1 Å². The van der Waals surface area contributed by atoms with Crippen LogP contribution >= 0.6 is 15.9 Å². The molecule has 2 aromatic rings. The fourth-order valence-electron chi connectivity index (χ4n) is 1.90. The molecule has 0 spiro atoms. The third-order valence-electron chi connectivity index (χ3n) is 3.03. The summed E-state index contributed by atoms with van der Waals surface area (Å²) >= 11 is 3.36. The number of benzene rings is 1. The highest BCUT2D eigenvalue weighted by Gasteiger charge is 2.11. The molecule has 0 aliphatic heterocycles. The highest BCUT2D eigenvalue weighted by atomic mass is 79.9. The summed E-state index contributed by atoms with van der Waals surface area (Å²) in [6.07, 6.45) is 4.82. The molecule has 0 saturated heterocycles. The van der Waals surface area contributed by atoms with E-state index in [0.717, 1.165) is 10.0 Å². The number of rotatable bonds is 5. The lowest BCUT2D eigenvalue weighted by atomic mass is 10.1. The lowest BCUT2D eigenvalue weighted by Crippen LogP contribution is -2.24. The van der Waals surface area contributed by atoms with Gasteiger partial charge in [-0.05, 0) is 35.9 Å². The number of amides is 1. The number of hydrogen-bond acceptors (Lipinski definition) is 4. The van der Waals surface area contributed by atoms with Crippen LogP contribution < -0.4 is 10.1 Å². The second-order valence-electron chi connectivity index (χ2n) is 4.60. The lowest BCUT2D eigenvalue weighted by molar-refractivity contribution is -0.117. The van der Waals surface area contributed by atoms with E-state index in [4.69, 9.17) is 4.74 Å². The maximum atomic E-state index is 12.2. The highest BCUT2D eigenvalue weighted by Crippen LogP contribution is 2.25. The molecular formula is C17H14BrN3O2. The smallest absolute Gasteiger partial charge is 0.262 e. The molecule has 0 aliphatic carbocycles. The van der Waals surface area contributed by atoms with Gasteiger partial charge < -0.3 is 10.1 Å². The van der Waals surface area contributed by atoms with E-state index in [1.807, 2.05) is 18.2 Å². The molecule has 6 heteroatoms. The number of nitrogens with one attached hydrogen (secondary N) is 1. The molecule has 1 heterocycles. The molecule has 1 aromatic carbocycles. The number of aromatic nitrogens is 1. The number of carbonyl (C=O) groups excluding carboxylic acids is 1. The van der Waals surface area contributed by atoms with Crippen LogP contribution in [0.5, 0.6) is 5.75 Å². The van der Waals surface area contributed by atoms with Gasteiger partial charge in [0.2, 0.25) is 0 Å². The van der Waals surface area contributed by atoms with Crippen LogP contribution in [0, 0.1) is 11.3 Å². The second kappa shape index (κ2) is 8.11. The molecule has 0 radical (unpaired) electrons. The molecule has 23 heavy (non-hydrogen) atoms. The van der Waals surface area contributed by atoms with Crippen LogP contribution in [0.2, 0.25) is 0 Å². The summed E-state index contributed by atoms with van der Waals surface area (Å²) in [5, 5.41) is 11.9. The highest BCUT2D eigenvalue weighted by molar-refractivity contribution is 9.10. The van der Waals surface area contributed by atoms with Crippen LogP contribution in [0.1, 0.15) is 11.1 Å². The van der Waals surface area contributed by atoms with Crippen molar-refractivity contribution >= 4 is 27.9 Å². The third kappa shape index (κ3) is 4.66. The van der Waals surface area contributed by atoms with Crippen LogP contribution in [0.25, 0.3) is 6.08 Å². The first kappa shape index (κ1) is 16.7. The monoisotopic (exact) mass is 371 g/mol. The fraction of sp³-hybridized carbons (Fsp3) is 0.118. The van der Waals surface area contributed by atoms with Gasteiger partial charge in [-0.15, -0.1) is 0 Å². The number of nitrogens with zero attached hydrogens (tertiary/aromatic N) is 2. The number of methoxy groups -OCH3 is 1. The summed E-state index contributed by atoms with van der Waals surface area (Å²) in [4.78, 5) is 16.1. The SMILES string of the molecule is COc1ccc(Br)cc1/C=C(\C#N)C(=O)NCc1cccnc1. The first-order chi connectivity index (χ1) is 11.1. The van der Waals surface area contributed by atoms with Gasteiger partial charge in [0.1, 0.15) is 17.4 Å². The maximum absolute atomic E-state index is 12.2. The van der Waals surface area contributed by atoms with Crippen molar-refractivity contribution in [2.45, 2.75) is 6.54 Å². The van der Waals surface area contributed by atoms with Gasteiger partial charge in [-0.2, -0.15) is 5.26 Å². The van der Waals surface area contributed by atoms with Crippen LogP contribution in [0.15, 0.2) is 52.8 Å². The van der Waals surface area contributed by atoms with Gasteiger partial charge in [0.15, 0.2) is 0 Å². The molecule has 1 amide bonds. The molecule has 0 fully saturated rings. The Morgan fingerprint density at radius 1 is 1.48 bits per heavy atom. The lowest BCUT2D eigenvalue weighted by Gasteiger charge is -2.07. The molecule has 0 aliphatic rings. The molecule has 0 unspecified atom stereocenters. The minimum atomic E-state index is -0.446. The van der Waals surface area contributed by atoms with Crippen molar-refractivity contribution in [3.63, 3.8) is 0 Å². The van der Waals surface area contributed by atoms with Gasteiger partial charge in [0.05, 0.1) is 7.11 Å². The molecule has 1 aromatic heterocycles. The van der Waals surface area contributed by atoms with E-state index in [0.29, 0.717) is 17.9 Å². The predicted octanol–water partition coefficient (Wildman–Crippen LogP) is 3.08. The summed E-state index contributed by atoms with van der Waals surface area (Å²) < 4.78 is 6.07. The van der Waals surface area contributed by atoms with Crippen molar-refractivity contribution in [1.29, 1.82) is 5.26 Å². The average molecular weight is 372 g/mol. The summed E-state index contributed by atoms with van der Waals surface area (Å²) in [6, 6.07) is 10.9. The van der Waals surface area contributed by atoms with E-state index in [1.54, 1.807) is 30.6 Å². The van der Waals surface area contributed by atoms with Crippen molar-refractivity contribution in [3.05, 3.63) is 63.9 Å². The topological polar surface area (TPSA) is 75.0 Å². The van der Waals surface area contributed by atoms with E-state index in [-0.39, 0.29) is 5.57 Å². The molecule has 5 nitrogen and oxygen atoms in total. The van der Waals surface area contributed by atoms with Gasteiger partial charge in [-0.25, -0.2) is 0 Å². The maximum Gasteiger partial charge on any atom is 0.262 e. The molecule has 1 N–H and O–H groups in total. The fourth-order valence-corrected chi connectivity index (χ4v) is 2.28. The Morgan fingerprint density at radius 3 is 2.96 bits per heavy atom. The first-order valence-electron chi connectivity index (χ1n) is 6.76. The van der Waals surface area contributed by atoms with Gasteiger partial charge in [0.25, 0.3) is 5.91 Å². The summed E-state index contributed by atoms with van der Waals surface area (Å²) in [5.41, 5.74) is 1.51. The quantitative estimate of drug-likeness (QED) is 0.647. The van der Waals surface area contributed by atoms with Gasteiger partial charge in [-0.3, -0.25) is 9.78 Å². The number of pyridine rings is 1. The Balaban J connectivity index is 2.17. The zero-order chi connectivity index (χ0) is 16.7. The second-order valence-corrected chi connectivity index (χ2v) is 5.52. The van der Waals surface area contributed by atoms with Gasteiger partial charge in [0, 0.05) is 29.0 Å². The molecule has 116 valence electrons. The van der Waals surface area contributed by atoms with Crippen molar-refractivity contribution in [1.82, 2.24) is 10.3 Å². The van der Waals surface area contributed by atoms with E-state index >= 15 is 0 Å². The Hall–Kier alpha value is -2.65. The zero-order valence-corrected chi connectivity index (χ0v) is 14.0. The van der Waals surface area contributed by atoms with Crippen LogP contribution in [0.4, 0.5) is 0 Å². The van der Waals surface area contributed by atoms with E-state index in [2.05, 4.69) is 26.2 Å². The number of ether oxygens (including phenoxy) is 1. The standard InChI is InChI=1S/C17H14BrN3O2/c1-23-16-5-4-15(18)8-13(16)7-14(9-19)17(22)21-11-12-3-2-6-20-10-12/h2-8,10H,11H2,1H3,(H,21,22)/b14-7+. The summed E-state index contributed by atoms with van der Waals surface area (Å²) in [7, 11) is 1.54. The Bertz CT molecular complexity index is 767. The summed E-state index contributed by atoms with van der Waals surface area (Å²) in [5.74, 6) is 0.138. The van der Waals surface area contributed by atoms with Crippen molar-refractivity contribution < 1.29 is 9.53 Å². The Morgan fingerprint density at radius 2 is 2.30 bits per heavy atom. The number of carbonyl (C=O) groups is 1. The van der Waals surface area contributed by atoms with Gasteiger partial charge in [-0.1, -0.05) is 22.0 Å². The van der Waals surface area contributed by atoms with Crippen LogP contribution in [0.3, 0.4) is 0 Å². The molecule has 0 atom stereocenters. The largest absolute Gasteiger partial charge is 0.496 e. The molecular weight excluding hydrogens is 358 g/mol. The van der Waals surface area contributed by atoms with Crippen molar-refractivity contribution in [2.24, 2.45) is 0 Å². The summed E-state index contributed by atoms with van der Waals surface area (Å²) in [6.45, 7) is 0.307. The minimum Gasteiger partial charge on any atom is -0.496 e. The number of nitriles is 1. The molecule has 0 bridgehead atoms. The normalized spacial score (nSPS) is 10.7. The molecule has 2 rings (SSSR count).